The van der Waals surface area contributed by atoms with Gasteiger partial charge in [-0.25, -0.2) is 0 Å². The van der Waals surface area contributed by atoms with E-state index in [0.29, 0.717) is 5.25 Å². The van der Waals surface area contributed by atoms with Gasteiger partial charge in [-0.15, -0.1) is 11.8 Å². The summed E-state index contributed by atoms with van der Waals surface area (Å²) in [7, 11) is 1.70. The fourth-order valence-electron chi connectivity index (χ4n) is 2.53. The van der Waals surface area contributed by atoms with Crippen molar-refractivity contribution in [2.75, 3.05) is 7.11 Å². The molecule has 1 aliphatic rings. The second-order valence-corrected chi connectivity index (χ2v) is 6.54. The SMILES string of the molecule is COc1ccc(C(SC2CCCC2)C(C)N)cc1. The van der Waals surface area contributed by atoms with Crippen LogP contribution >= 0.6 is 11.8 Å². The van der Waals surface area contributed by atoms with Gasteiger partial charge in [0.05, 0.1) is 7.11 Å². The zero-order chi connectivity index (χ0) is 13.0. The lowest BCUT2D eigenvalue weighted by Gasteiger charge is -2.24. The van der Waals surface area contributed by atoms with Crippen LogP contribution < -0.4 is 10.5 Å². The second-order valence-electron chi connectivity index (χ2n) is 5.10. The number of hydrogen-bond donors (Lipinski definition) is 1. The first-order chi connectivity index (χ1) is 8.70. The van der Waals surface area contributed by atoms with Crippen molar-refractivity contribution >= 4 is 11.8 Å². The first-order valence-electron chi connectivity index (χ1n) is 6.75. The molecule has 1 aliphatic carbocycles. The maximum absolute atomic E-state index is 6.17. The standard InChI is InChI=1S/C15H23NOS/c1-11(16)15(18-14-5-3-4-6-14)12-7-9-13(17-2)10-8-12/h7-11,14-15H,3-6,16H2,1-2H3. The number of ether oxygens (including phenoxy) is 1. The lowest BCUT2D eigenvalue weighted by molar-refractivity contribution is 0.414. The van der Waals surface area contributed by atoms with Crippen LogP contribution in [-0.2, 0) is 0 Å². The molecule has 1 saturated carbocycles. The normalized spacial score (nSPS) is 19.7. The van der Waals surface area contributed by atoms with E-state index in [2.05, 4.69) is 30.8 Å². The molecule has 3 heteroatoms. The average molecular weight is 265 g/mol. The highest BCUT2D eigenvalue weighted by atomic mass is 32.2. The molecule has 100 valence electrons. The van der Waals surface area contributed by atoms with Gasteiger partial charge in [0.25, 0.3) is 0 Å². The Kier molecular flexibility index (Phi) is 4.95. The molecule has 2 unspecified atom stereocenters. The van der Waals surface area contributed by atoms with Crippen molar-refractivity contribution in [2.24, 2.45) is 5.73 Å². The van der Waals surface area contributed by atoms with Crippen molar-refractivity contribution < 1.29 is 4.74 Å². The monoisotopic (exact) mass is 265 g/mol. The first-order valence-corrected chi connectivity index (χ1v) is 7.70. The average Bonchev–Trinajstić information content (AvgIpc) is 2.89. The van der Waals surface area contributed by atoms with E-state index in [4.69, 9.17) is 10.5 Å². The summed E-state index contributed by atoms with van der Waals surface area (Å²) in [6.45, 7) is 2.11. The molecule has 0 aliphatic heterocycles. The number of rotatable bonds is 5. The van der Waals surface area contributed by atoms with Crippen molar-refractivity contribution in [3.63, 3.8) is 0 Å². The molecule has 0 bridgehead atoms. The molecule has 2 N–H and O–H groups in total. The van der Waals surface area contributed by atoms with Gasteiger partial charge in [0.15, 0.2) is 0 Å². The summed E-state index contributed by atoms with van der Waals surface area (Å²) >= 11 is 2.06. The third-order valence-electron chi connectivity index (χ3n) is 3.56. The fraction of sp³-hybridized carbons (Fsp3) is 0.600. The molecule has 1 aromatic carbocycles. The third-order valence-corrected chi connectivity index (χ3v) is 5.41. The van der Waals surface area contributed by atoms with Gasteiger partial charge in [0.2, 0.25) is 0 Å². The van der Waals surface area contributed by atoms with Crippen LogP contribution in [0.4, 0.5) is 0 Å². The summed E-state index contributed by atoms with van der Waals surface area (Å²) < 4.78 is 5.20. The molecular formula is C15H23NOS. The van der Waals surface area contributed by atoms with Crippen LogP contribution in [0.25, 0.3) is 0 Å². The van der Waals surface area contributed by atoms with E-state index in [-0.39, 0.29) is 6.04 Å². The van der Waals surface area contributed by atoms with E-state index < -0.39 is 0 Å². The highest BCUT2D eigenvalue weighted by Gasteiger charge is 2.24. The van der Waals surface area contributed by atoms with Gasteiger partial charge >= 0.3 is 0 Å². The molecule has 0 saturated heterocycles. The minimum Gasteiger partial charge on any atom is -0.497 e. The Morgan fingerprint density at radius 3 is 2.33 bits per heavy atom. The van der Waals surface area contributed by atoms with E-state index in [0.717, 1.165) is 11.0 Å². The molecule has 2 nitrogen and oxygen atoms in total. The quantitative estimate of drug-likeness (QED) is 0.880. The summed E-state index contributed by atoms with van der Waals surface area (Å²) in [5.41, 5.74) is 7.49. The molecule has 0 heterocycles. The Balaban J connectivity index is 2.07. The minimum absolute atomic E-state index is 0.184. The van der Waals surface area contributed by atoms with Gasteiger partial charge < -0.3 is 10.5 Å². The van der Waals surface area contributed by atoms with E-state index in [1.54, 1.807) is 7.11 Å². The molecule has 0 amide bonds. The van der Waals surface area contributed by atoms with Gasteiger partial charge in [-0.05, 0) is 37.5 Å². The minimum atomic E-state index is 0.184. The predicted molar refractivity (Wildman–Crippen MR) is 79.2 cm³/mol. The number of nitrogens with two attached hydrogens (primary N) is 1. The van der Waals surface area contributed by atoms with Gasteiger partial charge in [-0.3, -0.25) is 0 Å². The summed E-state index contributed by atoms with van der Waals surface area (Å²) in [5, 5.41) is 1.20. The summed E-state index contributed by atoms with van der Waals surface area (Å²) in [4.78, 5) is 0. The van der Waals surface area contributed by atoms with Crippen LogP contribution in [0, 0.1) is 0 Å². The molecule has 0 aromatic heterocycles. The molecule has 0 spiro atoms. The molecule has 1 aromatic rings. The Morgan fingerprint density at radius 2 is 1.83 bits per heavy atom. The van der Waals surface area contributed by atoms with Crippen LogP contribution in [0.15, 0.2) is 24.3 Å². The predicted octanol–water partition coefficient (Wildman–Crippen LogP) is 3.76. The molecule has 2 atom stereocenters. The van der Waals surface area contributed by atoms with Crippen LogP contribution in [0.2, 0.25) is 0 Å². The smallest absolute Gasteiger partial charge is 0.118 e. The lowest BCUT2D eigenvalue weighted by atomic mass is 10.1. The van der Waals surface area contributed by atoms with Crippen LogP contribution in [-0.4, -0.2) is 18.4 Å². The molecule has 1 fully saturated rings. The molecular weight excluding hydrogens is 242 g/mol. The van der Waals surface area contributed by atoms with Crippen molar-refractivity contribution in [3.8, 4) is 5.75 Å². The van der Waals surface area contributed by atoms with Crippen molar-refractivity contribution in [1.82, 2.24) is 0 Å². The van der Waals surface area contributed by atoms with Gasteiger partial charge in [0.1, 0.15) is 5.75 Å². The largest absolute Gasteiger partial charge is 0.497 e. The maximum Gasteiger partial charge on any atom is 0.118 e. The highest BCUT2D eigenvalue weighted by molar-refractivity contribution is 8.00. The molecule has 18 heavy (non-hydrogen) atoms. The zero-order valence-electron chi connectivity index (χ0n) is 11.3. The molecule has 2 rings (SSSR count). The maximum atomic E-state index is 6.17. The fourth-order valence-corrected chi connectivity index (χ4v) is 4.11. The number of thioether (sulfide) groups is 1. The van der Waals surface area contributed by atoms with Crippen molar-refractivity contribution in [3.05, 3.63) is 29.8 Å². The van der Waals surface area contributed by atoms with Gasteiger partial charge in [-0.2, -0.15) is 0 Å². The lowest BCUT2D eigenvalue weighted by Crippen LogP contribution is -2.24. The Labute approximate surface area is 114 Å². The van der Waals surface area contributed by atoms with Crippen molar-refractivity contribution in [2.45, 2.75) is 49.1 Å². The van der Waals surface area contributed by atoms with E-state index >= 15 is 0 Å². The van der Waals surface area contributed by atoms with Crippen LogP contribution in [0.1, 0.15) is 43.4 Å². The van der Waals surface area contributed by atoms with E-state index in [9.17, 15) is 0 Å². The Morgan fingerprint density at radius 1 is 1.22 bits per heavy atom. The number of benzene rings is 1. The van der Waals surface area contributed by atoms with Gasteiger partial charge in [-0.1, -0.05) is 25.0 Å². The number of methoxy groups -OCH3 is 1. The van der Waals surface area contributed by atoms with Crippen molar-refractivity contribution in [1.29, 1.82) is 0 Å². The highest BCUT2D eigenvalue weighted by Crippen LogP contribution is 2.41. The summed E-state index contributed by atoms with van der Waals surface area (Å²) in [6.07, 6.45) is 5.46. The van der Waals surface area contributed by atoms with E-state index in [1.807, 2.05) is 12.1 Å². The first kappa shape index (κ1) is 13.8. The Bertz CT molecular complexity index is 357. The van der Waals surface area contributed by atoms with Crippen LogP contribution in [0.3, 0.4) is 0 Å². The summed E-state index contributed by atoms with van der Waals surface area (Å²) in [5.74, 6) is 0.910. The third kappa shape index (κ3) is 3.42. The summed E-state index contributed by atoms with van der Waals surface area (Å²) in [6, 6.07) is 8.53. The topological polar surface area (TPSA) is 35.2 Å². The molecule has 0 radical (unpaired) electrons. The zero-order valence-corrected chi connectivity index (χ0v) is 12.1. The second kappa shape index (κ2) is 6.48. The Hall–Kier alpha value is -0.670. The van der Waals surface area contributed by atoms with E-state index in [1.165, 1.54) is 31.2 Å². The number of hydrogen-bond acceptors (Lipinski definition) is 3. The van der Waals surface area contributed by atoms with Crippen LogP contribution in [0.5, 0.6) is 5.75 Å². The van der Waals surface area contributed by atoms with Gasteiger partial charge in [0, 0.05) is 16.5 Å².